The quantitative estimate of drug-likeness (QED) is 0.758. The van der Waals surface area contributed by atoms with Crippen LogP contribution in [0.4, 0.5) is 0 Å². The molecule has 1 aromatic heterocycles. The molecule has 2 aromatic carbocycles. The fourth-order valence-corrected chi connectivity index (χ4v) is 2.74. The lowest BCUT2D eigenvalue weighted by Gasteiger charge is -2.14. The van der Waals surface area contributed by atoms with Crippen molar-refractivity contribution in [3.05, 3.63) is 82.1 Å². The van der Waals surface area contributed by atoms with E-state index in [0.29, 0.717) is 5.39 Å². The SMILES string of the molecule is C[C@@H](CCc1ccccc1)NC(=O)c1c[nH]c2ccccc2c1=O. The van der Waals surface area contributed by atoms with Gasteiger partial charge in [-0.2, -0.15) is 0 Å². The van der Waals surface area contributed by atoms with E-state index in [9.17, 15) is 9.59 Å². The van der Waals surface area contributed by atoms with Crippen LogP contribution in [0.5, 0.6) is 0 Å². The van der Waals surface area contributed by atoms with Gasteiger partial charge in [-0.25, -0.2) is 0 Å². The van der Waals surface area contributed by atoms with Gasteiger partial charge in [0.2, 0.25) is 5.43 Å². The molecule has 4 nitrogen and oxygen atoms in total. The van der Waals surface area contributed by atoms with Crippen LogP contribution in [0.2, 0.25) is 0 Å². The van der Waals surface area contributed by atoms with Gasteiger partial charge in [-0.3, -0.25) is 9.59 Å². The summed E-state index contributed by atoms with van der Waals surface area (Å²) in [5, 5.41) is 3.44. The van der Waals surface area contributed by atoms with Crippen LogP contribution in [0.1, 0.15) is 29.3 Å². The summed E-state index contributed by atoms with van der Waals surface area (Å²) in [5.74, 6) is -0.331. The summed E-state index contributed by atoms with van der Waals surface area (Å²) in [7, 11) is 0. The third kappa shape index (κ3) is 3.54. The van der Waals surface area contributed by atoms with Gasteiger partial charge in [-0.15, -0.1) is 0 Å². The molecule has 1 heterocycles. The number of carbonyl (C=O) groups excluding carboxylic acids is 1. The van der Waals surface area contributed by atoms with E-state index in [0.717, 1.165) is 18.4 Å². The Bertz CT molecular complexity index is 900. The molecule has 122 valence electrons. The van der Waals surface area contributed by atoms with Crippen LogP contribution in [0, 0.1) is 0 Å². The first-order chi connectivity index (χ1) is 11.6. The first kappa shape index (κ1) is 16.0. The van der Waals surface area contributed by atoms with Gasteiger partial charge in [0.1, 0.15) is 5.56 Å². The zero-order valence-corrected chi connectivity index (χ0v) is 13.6. The standard InChI is InChI=1S/C20H20N2O2/c1-14(11-12-15-7-3-2-4-8-15)22-20(24)17-13-21-18-10-6-5-9-16(18)19(17)23/h2-10,13-14H,11-12H2,1H3,(H,21,23)(H,22,24)/t14-/m0/s1. The summed E-state index contributed by atoms with van der Waals surface area (Å²) >= 11 is 0. The predicted octanol–water partition coefficient (Wildman–Crippen LogP) is 3.28. The number of carbonyl (C=O) groups is 1. The Morgan fingerprint density at radius 3 is 2.58 bits per heavy atom. The number of hydrogen-bond acceptors (Lipinski definition) is 2. The fraction of sp³-hybridized carbons (Fsp3) is 0.200. The first-order valence-corrected chi connectivity index (χ1v) is 8.10. The van der Waals surface area contributed by atoms with E-state index in [4.69, 9.17) is 0 Å². The van der Waals surface area contributed by atoms with E-state index in [1.165, 1.54) is 11.8 Å². The molecule has 0 saturated carbocycles. The van der Waals surface area contributed by atoms with Crippen molar-refractivity contribution in [2.75, 3.05) is 0 Å². The highest BCUT2D eigenvalue weighted by Crippen LogP contribution is 2.08. The van der Waals surface area contributed by atoms with Crippen LogP contribution in [0.15, 0.2) is 65.6 Å². The van der Waals surface area contributed by atoms with Crippen LogP contribution in [0.3, 0.4) is 0 Å². The number of fused-ring (bicyclic) bond motifs is 1. The van der Waals surface area contributed by atoms with E-state index in [-0.39, 0.29) is 22.9 Å². The minimum absolute atomic E-state index is 0.0106. The van der Waals surface area contributed by atoms with Gasteiger partial charge in [0.15, 0.2) is 0 Å². The third-order valence-electron chi connectivity index (χ3n) is 4.12. The van der Waals surface area contributed by atoms with Gasteiger partial charge in [-0.1, -0.05) is 42.5 Å². The number of para-hydroxylation sites is 1. The normalized spacial score (nSPS) is 12.0. The van der Waals surface area contributed by atoms with E-state index in [1.807, 2.05) is 37.3 Å². The number of H-pyrrole nitrogens is 1. The Balaban J connectivity index is 1.68. The van der Waals surface area contributed by atoms with Crippen LogP contribution >= 0.6 is 0 Å². The maximum absolute atomic E-state index is 12.4. The molecule has 0 aliphatic heterocycles. The van der Waals surface area contributed by atoms with Crippen LogP contribution in [-0.2, 0) is 6.42 Å². The third-order valence-corrected chi connectivity index (χ3v) is 4.12. The molecular formula is C20H20N2O2. The molecular weight excluding hydrogens is 300 g/mol. The number of rotatable bonds is 5. The predicted molar refractivity (Wildman–Crippen MR) is 96.3 cm³/mol. The van der Waals surface area contributed by atoms with E-state index in [2.05, 4.69) is 22.4 Å². The van der Waals surface area contributed by atoms with E-state index >= 15 is 0 Å². The van der Waals surface area contributed by atoms with Gasteiger partial charge in [0.05, 0.1) is 0 Å². The summed E-state index contributed by atoms with van der Waals surface area (Å²) in [6.07, 6.45) is 3.20. The van der Waals surface area contributed by atoms with Crippen LogP contribution in [0.25, 0.3) is 10.9 Å². The molecule has 0 spiro atoms. The smallest absolute Gasteiger partial charge is 0.256 e. The van der Waals surface area contributed by atoms with Crippen molar-refractivity contribution in [3.8, 4) is 0 Å². The fourth-order valence-electron chi connectivity index (χ4n) is 2.74. The molecule has 0 bridgehead atoms. The molecule has 0 aliphatic rings. The van der Waals surface area contributed by atoms with Crippen molar-refractivity contribution < 1.29 is 4.79 Å². The van der Waals surface area contributed by atoms with Gasteiger partial charge < -0.3 is 10.3 Å². The maximum atomic E-state index is 12.4. The molecule has 3 rings (SSSR count). The molecule has 0 unspecified atom stereocenters. The van der Waals surface area contributed by atoms with Gasteiger partial charge >= 0.3 is 0 Å². The lowest BCUT2D eigenvalue weighted by atomic mass is 10.1. The number of hydrogen-bond donors (Lipinski definition) is 2. The van der Waals surface area contributed by atoms with E-state index < -0.39 is 0 Å². The highest BCUT2D eigenvalue weighted by molar-refractivity contribution is 5.97. The average Bonchev–Trinajstić information content (AvgIpc) is 2.61. The molecule has 4 heteroatoms. The Labute approximate surface area is 140 Å². The number of aromatic amines is 1. The monoisotopic (exact) mass is 320 g/mol. The molecule has 3 aromatic rings. The summed E-state index contributed by atoms with van der Waals surface area (Å²) in [5.41, 5.74) is 1.88. The lowest BCUT2D eigenvalue weighted by molar-refractivity contribution is 0.0937. The number of aryl methyl sites for hydroxylation is 1. The van der Waals surface area contributed by atoms with Crippen molar-refractivity contribution >= 4 is 16.8 Å². The van der Waals surface area contributed by atoms with Gasteiger partial charge in [0.25, 0.3) is 5.91 Å². The molecule has 1 atom stereocenters. The second-order valence-electron chi connectivity index (χ2n) is 5.98. The first-order valence-electron chi connectivity index (χ1n) is 8.10. The second-order valence-corrected chi connectivity index (χ2v) is 5.98. The molecule has 0 radical (unpaired) electrons. The molecule has 0 aliphatic carbocycles. The number of amides is 1. The zero-order valence-electron chi connectivity index (χ0n) is 13.6. The molecule has 0 saturated heterocycles. The number of benzene rings is 2. The summed E-state index contributed by atoms with van der Waals surface area (Å²) < 4.78 is 0. The largest absolute Gasteiger partial charge is 0.360 e. The van der Waals surface area contributed by atoms with Crippen molar-refractivity contribution in [1.29, 1.82) is 0 Å². The Morgan fingerprint density at radius 2 is 1.79 bits per heavy atom. The Kier molecular flexibility index (Phi) is 4.75. The van der Waals surface area contributed by atoms with Crippen LogP contribution < -0.4 is 10.7 Å². The van der Waals surface area contributed by atoms with Crippen molar-refractivity contribution in [1.82, 2.24) is 10.3 Å². The summed E-state index contributed by atoms with van der Waals surface area (Å²) in [6.45, 7) is 1.95. The molecule has 0 fully saturated rings. The molecule has 24 heavy (non-hydrogen) atoms. The number of aromatic nitrogens is 1. The molecule has 2 N–H and O–H groups in total. The van der Waals surface area contributed by atoms with Crippen molar-refractivity contribution in [2.24, 2.45) is 0 Å². The van der Waals surface area contributed by atoms with Crippen molar-refractivity contribution in [3.63, 3.8) is 0 Å². The van der Waals surface area contributed by atoms with E-state index in [1.54, 1.807) is 12.1 Å². The number of pyridine rings is 1. The Hall–Kier alpha value is -2.88. The van der Waals surface area contributed by atoms with Crippen LogP contribution in [-0.4, -0.2) is 16.9 Å². The minimum Gasteiger partial charge on any atom is -0.360 e. The summed E-state index contributed by atoms with van der Waals surface area (Å²) in [6, 6.07) is 17.3. The zero-order chi connectivity index (χ0) is 16.9. The molecule has 1 amide bonds. The Morgan fingerprint density at radius 1 is 1.08 bits per heavy atom. The van der Waals surface area contributed by atoms with Crippen molar-refractivity contribution in [2.45, 2.75) is 25.8 Å². The van der Waals surface area contributed by atoms with Gasteiger partial charge in [0, 0.05) is 23.1 Å². The maximum Gasteiger partial charge on any atom is 0.256 e. The topological polar surface area (TPSA) is 62.0 Å². The highest BCUT2D eigenvalue weighted by Gasteiger charge is 2.15. The summed E-state index contributed by atoms with van der Waals surface area (Å²) in [4.78, 5) is 27.9. The average molecular weight is 320 g/mol. The van der Waals surface area contributed by atoms with Gasteiger partial charge in [-0.05, 0) is 37.5 Å². The highest BCUT2D eigenvalue weighted by atomic mass is 16.2. The lowest BCUT2D eigenvalue weighted by Crippen LogP contribution is -2.35. The number of nitrogens with one attached hydrogen (secondary N) is 2. The second kappa shape index (κ2) is 7.13. The minimum atomic E-state index is -0.331.